The first-order valence-electron chi connectivity index (χ1n) is 9.77. The molecule has 31 heavy (non-hydrogen) atoms. The Hall–Kier alpha value is -2.42. The van der Waals surface area contributed by atoms with E-state index in [4.69, 9.17) is 0 Å². The zero-order valence-electron chi connectivity index (χ0n) is 16.8. The summed E-state index contributed by atoms with van der Waals surface area (Å²) in [5, 5.41) is 2.38. The number of thiophene rings is 1. The molecule has 0 fully saturated rings. The summed E-state index contributed by atoms with van der Waals surface area (Å²) in [7, 11) is 0. The van der Waals surface area contributed by atoms with Gasteiger partial charge in [-0.2, -0.15) is 0 Å². The molecule has 0 unspecified atom stereocenters. The monoisotopic (exact) mass is 513 g/mol. The summed E-state index contributed by atoms with van der Waals surface area (Å²) in [5.41, 5.74) is 2.36. The van der Waals surface area contributed by atoms with Crippen LogP contribution >= 0.6 is 39.0 Å². The van der Waals surface area contributed by atoms with Gasteiger partial charge >= 0.3 is 0 Å². The molecule has 0 N–H and O–H groups in total. The number of nitrogens with zero attached hydrogens (tertiary/aromatic N) is 3. The molecular formula is C23H20BrN3O2S2. The Morgan fingerprint density at radius 3 is 2.58 bits per heavy atom. The predicted octanol–water partition coefficient (Wildman–Crippen LogP) is 5.35. The smallest absolute Gasteiger partial charge is 0.276 e. The van der Waals surface area contributed by atoms with E-state index in [1.165, 1.54) is 23.1 Å². The molecule has 0 radical (unpaired) electrons. The number of carbonyl (C=O) groups excluding carboxylic acids is 1. The maximum absolute atomic E-state index is 13.2. The van der Waals surface area contributed by atoms with Crippen molar-refractivity contribution in [2.75, 3.05) is 12.3 Å². The van der Waals surface area contributed by atoms with Gasteiger partial charge < -0.3 is 4.90 Å². The lowest BCUT2D eigenvalue weighted by atomic mass is 10.2. The van der Waals surface area contributed by atoms with Crippen molar-refractivity contribution >= 4 is 55.2 Å². The number of carbonyl (C=O) groups is 1. The van der Waals surface area contributed by atoms with Gasteiger partial charge in [-0.25, -0.2) is 4.98 Å². The third kappa shape index (κ3) is 4.92. The molecule has 5 nitrogen and oxygen atoms in total. The van der Waals surface area contributed by atoms with Gasteiger partial charge in [-0.1, -0.05) is 58.0 Å². The first-order chi connectivity index (χ1) is 15.1. The molecule has 0 spiro atoms. The fraction of sp³-hybridized carbons (Fsp3) is 0.174. The van der Waals surface area contributed by atoms with Crippen LogP contribution in [0.1, 0.15) is 12.5 Å². The van der Waals surface area contributed by atoms with Crippen molar-refractivity contribution < 1.29 is 4.79 Å². The van der Waals surface area contributed by atoms with Crippen molar-refractivity contribution in [1.29, 1.82) is 0 Å². The molecule has 2 aromatic heterocycles. The largest absolute Gasteiger partial charge is 0.338 e. The summed E-state index contributed by atoms with van der Waals surface area (Å²) in [6, 6.07) is 19.3. The number of hydrogen-bond acceptors (Lipinski definition) is 5. The van der Waals surface area contributed by atoms with Crippen LogP contribution in [0, 0.1) is 0 Å². The fourth-order valence-electron chi connectivity index (χ4n) is 3.20. The molecule has 0 saturated heterocycles. The molecule has 4 rings (SSSR count). The maximum Gasteiger partial charge on any atom is 0.276 e. The van der Waals surface area contributed by atoms with E-state index in [0.717, 1.165) is 15.7 Å². The van der Waals surface area contributed by atoms with Crippen LogP contribution in [0.3, 0.4) is 0 Å². The molecule has 4 aromatic rings. The Morgan fingerprint density at radius 1 is 1.13 bits per heavy atom. The van der Waals surface area contributed by atoms with Crippen LogP contribution in [0.15, 0.2) is 80.5 Å². The van der Waals surface area contributed by atoms with Crippen LogP contribution in [0.4, 0.5) is 0 Å². The van der Waals surface area contributed by atoms with Crippen LogP contribution in [0.25, 0.3) is 15.9 Å². The fourth-order valence-corrected chi connectivity index (χ4v) is 5.14. The third-order valence-electron chi connectivity index (χ3n) is 4.81. The van der Waals surface area contributed by atoms with E-state index in [1.54, 1.807) is 4.57 Å². The molecule has 2 heterocycles. The lowest BCUT2D eigenvalue weighted by Gasteiger charge is -2.21. The van der Waals surface area contributed by atoms with E-state index in [1.807, 2.05) is 77.9 Å². The topological polar surface area (TPSA) is 55.2 Å². The summed E-state index contributed by atoms with van der Waals surface area (Å²) < 4.78 is 3.13. The van der Waals surface area contributed by atoms with E-state index in [-0.39, 0.29) is 17.2 Å². The van der Waals surface area contributed by atoms with Gasteiger partial charge in [-0.05, 0) is 48.2 Å². The molecule has 0 aliphatic heterocycles. The zero-order valence-corrected chi connectivity index (χ0v) is 20.0. The van der Waals surface area contributed by atoms with Gasteiger partial charge in [0.2, 0.25) is 5.91 Å². The Bertz CT molecular complexity index is 1250. The number of aromatic nitrogens is 2. The minimum atomic E-state index is -0.117. The molecule has 1 amide bonds. The van der Waals surface area contributed by atoms with Crippen LogP contribution < -0.4 is 5.56 Å². The second kappa shape index (κ2) is 9.80. The van der Waals surface area contributed by atoms with Gasteiger partial charge in [0.25, 0.3) is 5.56 Å². The molecule has 0 aliphatic carbocycles. The molecule has 0 atom stereocenters. The van der Waals surface area contributed by atoms with Gasteiger partial charge in [0, 0.05) is 17.6 Å². The summed E-state index contributed by atoms with van der Waals surface area (Å²) in [4.78, 5) is 32.6. The molecule has 158 valence electrons. The zero-order chi connectivity index (χ0) is 21.8. The van der Waals surface area contributed by atoms with E-state index in [9.17, 15) is 9.59 Å². The van der Waals surface area contributed by atoms with Gasteiger partial charge in [0.05, 0.1) is 17.0 Å². The highest BCUT2D eigenvalue weighted by Gasteiger charge is 2.18. The highest BCUT2D eigenvalue weighted by atomic mass is 79.9. The Kier molecular flexibility index (Phi) is 6.89. The average molecular weight is 514 g/mol. The number of benzene rings is 2. The molecular weight excluding hydrogens is 494 g/mol. The highest BCUT2D eigenvalue weighted by molar-refractivity contribution is 9.10. The van der Waals surface area contributed by atoms with E-state index in [2.05, 4.69) is 20.9 Å². The summed E-state index contributed by atoms with van der Waals surface area (Å²) >= 11 is 6.11. The lowest BCUT2D eigenvalue weighted by molar-refractivity contribution is -0.128. The SMILES string of the molecule is CCN(Cc1ccccc1)C(=O)CSc1nc2ccsc2c(=O)n1-c1ccc(Br)cc1. The van der Waals surface area contributed by atoms with Crippen LogP contribution in [-0.2, 0) is 11.3 Å². The standard InChI is InChI=1S/C23H20BrN3O2S2/c1-2-26(14-16-6-4-3-5-7-16)20(28)15-31-23-25-19-12-13-30-21(19)22(29)27(23)18-10-8-17(24)9-11-18/h3-13H,2,14-15H2,1H3. The van der Waals surface area contributed by atoms with E-state index < -0.39 is 0 Å². The minimum Gasteiger partial charge on any atom is -0.338 e. The Morgan fingerprint density at radius 2 is 1.87 bits per heavy atom. The maximum atomic E-state index is 13.2. The number of amides is 1. The average Bonchev–Trinajstić information content (AvgIpc) is 3.26. The van der Waals surface area contributed by atoms with Gasteiger partial charge in [0.15, 0.2) is 5.16 Å². The van der Waals surface area contributed by atoms with Gasteiger partial charge in [-0.15, -0.1) is 11.3 Å². The van der Waals surface area contributed by atoms with Crippen LogP contribution in [0.2, 0.25) is 0 Å². The van der Waals surface area contributed by atoms with Crippen molar-refractivity contribution in [3.05, 3.63) is 86.4 Å². The first kappa shape index (κ1) is 21.8. The number of thioether (sulfide) groups is 1. The van der Waals surface area contributed by atoms with Crippen molar-refractivity contribution in [1.82, 2.24) is 14.5 Å². The number of fused-ring (bicyclic) bond motifs is 1. The Labute approximate surface area is 196 Å². The predicted molar refractivity (Wildman–Crippen MR) is 131 cm³/mol. The molecule has 0 bridgehead atoms. The molecule has 2 aromatic carbocycles. The van der Waals surface area contributed by atoms with Crippen molar-refractivity contribution in [3.63, 3.8) is 0 Å². The van der Waals surface area contributed by atoms with Crippen molar-refractivity contribution in [2.24, 2.45) is 0 Å². The van der Waals surface area contributed by atoms with Crippen molar-refractivity contribution in [3.8, 4) is 5.69 Å². The number of rotatable bonds is 7. The first-order valence-corrected chi connectivity index (χ1v) is 12.4. The van der Waals surface area contributed by atoms with Crippen LogP contribution in [0.5, 0.6) is 0 Å². The normalized spacial score (nSPS) is 11.0. The third-order valence-corrected chi connectivity index (χ3v) is 7.15. The summed E-state index contributed by atoms with van der Waals surface area (Å²) in [6.45, 7) is 3.15. The second-order valence-electron chi connectivity index (χ2n) is 6.83. The number of hydrogen-bond donors (Lipinski definition) is 0. The highest BCUT2D eigenvalue weighted by Crippen LogP contribution is 2.25. The molecule has 8 heteroatoms. The van der Waals surface area contributed by atoms with Gasteiger partial charge in [-0.3, -0.25) is 14.2 Å². The molecule has 0 saturated carbocycles. The van der Waals surface area contributed by atoms with E-state index >= 15 is 0 Å². The second-order valence-corrected chi connectivity index (χ2v) is 9.60. The van der Waals surface area contributed by atoms with Crippen LogP contribution in [-0.4, -0.2) is 32.7 Å². The molecule has 0 aliphatic rings. The quantitative estimate of drug-likeness (QED) is 0.247. The lowest BCUT2D eigenvalue weighted by Crippen LogP contribution is -2.32. The number of halogens is 1. The Balaban J connectivity index is 1.61. The minimum absolute atomic E-state index is 0.0124. The van der Waals surface area contributed by atoms with Gasteiger partial charge in [0.1, 0.15) is 4.70 Å². The summed E-state index contributed by atoms with van der Waals surface area (Å²) in [5.74, 6) is 0.220. The van der Waals surface area contributed by atoms with Crippen molar-refractivity contribution in [2.45, 2.75) is 18.6 Å². The van der Waals surface area contributed by atoms with E-state index in [0.29, 0.717) is 28.5 Å². The summed E-state index contributed by atoms with van der Waals surface area (Å²) in [6.07, 6.45) is 0.